The van der Waals surface area contributed by atoms with Crippen LogP contribution in [0.5, 0.6) is 0 Å². The summed E-state index contributed by atoms with van der Waals surface area (Å²) in [4.78, 5) is 73.0. The molecule has 0 fully saturated rings. The van der Waals surface area contributed by atoms with Crippen molar-refractivity contribution in [1.82, 2.24) is 0 Å². The highest BCUT2D eigenvalue weighted by molar-refractivity contribution is 7.47. The fraction of sp³-hybridized carbons (Fsp3) is 0.694. The van der Waals surface area contributed by atoms with Gasteiger partial charge in [0.25, 0.3) is 0 Å². The van der Waals surface area contributed by atoms with Gasteiger partial charge in [-0.2, -0.15) is 0 Å². The maximum atomic E-state index is 13.1. The Morgan fingerprint density at radius 2 is 0.519 bits per heavy atom. The van der Waals surface area contributed by atoms with Crippen molar-refractivity contribution in [3.8, 4) is 0 Å². The molecule has 0 amide bonds. The molecule has 17 nitrogen and oxygen atoms in total. The average Bonchev–Trinajstić information content (AvgIpc) is 0.911. The van der Waals surface area contributed by atoms with Gasteiger partial charge in [0, 0.05) is 25.7 Å². The van der Waals surface area contributed by atoms with Gasteiger partial charge in [0.1, 0.15) is 19.3 Å². The molecule has 0 bridgehead atoms. The van der Waals surface area contributed by atoms with Crippen LogP contribution in [-0.4, -0.2) is 96.7 Å². The number of rotatable bonds is 75. The van der Waals surface area contributed by atoms with Gasteiger partial charge < -0.3 is 33.8 Å². The summed E-state index contributed by atoms with van der Waals surface area (Å²) in [6.45, 7) is 4.53. The second kappa shape index (κ2) is 76.4. The summed E-state index contributed by atoms with van der Waals surface area (Å²) < 4.78 is 68.5. The number of unbranched alkanes of at least 4 members (excludes halogenated alkanes) is 27. The van der Waals surface area contributed by atoms with E-state index in [-0.39, 0.29) is 25.7 Å². The Kier molecular flexibility index (Phi) is 72.9. The van der Waals surface area contributed by atoms with E-state index in [1.165, 1.54) is 122 Å². The van der Waals surface area contributed by atoms with E-state index in [0.717, 1.165) is 109 Å². The molecule has 0 aliphatic heterocycles. The number of phosphoric ester groups is 2. The molecule has 19 heteroatoms. The van der Waals surface area contributed by atoms with Gasteiger partial charge in [0.05, 0.1) is 26.4 Å². The Labute approximate surface area is 631 Å². The van der Waals surface area contributed by atoms with Crippen molar-refractivity contribution in [1.29, 1.82) is 0 Å². The first kappa shape index (κ1) is 99.2. The monoisotopic (exact) mass is 1500 g/mol. The van der Waals surface area contributed by atoms with E-state index in [2.05, 4.69) is 131 Å². The minimum Gasteiger partial charge on any atom is -0.462 e. The van der Waals surface area contributed by atoms with Crippen LogP contribution in [0.25, 0.3) is 0 Å². The highest BCUT2D eigenvalue weighted by Crippen LogP contribution is 2.45. The van der Waals surface area contributed by atoms with E-state index in [1.807, 2.05) is 30.4 Å². The molecule has 104 heavy (non-hydrogen) atoms. The Balaban J connectivity index is 5.46. The van der Waals surface area contributed by atoms with Gasteiger partial charge in [-0.1, -0.05) is 328 Å². The smallest absolute Gasteiger partial charge is 0.462 e. The molecule has 0 saturated carbocycles. The summed E-state index contributed by atoms with van der Waals surface area (Å²) in [6.07, 6.45) is 86.0. The van der Waals surface area contributed by atoms with Gasteiger partial charge in [-0.05, 0) is 103 Å². The summed E-state index contributed by atoms with van der Waals surface area (Å²) in [5, 5.41) is 10.6. The first-order valence-corrected chi connectivity index (χ1v) is 43.4. The Bertz CT molecular complexity index is 2490. The molecular weight excluding hydrogens is 1350 g/mol. The number of esters is 4. The van der Waals surface area contributed by atoms with E-state index in [4.69, 9.17) is 37.0 Å². The summed E-state index contributed by atoms with van der Waals surface area (Å²) in [5.41, 5.74) is 0. The van der Waals surface area contributed by atoms with E-state index in [9.17, 15) is 43.2 Å². The molecule has 5 unspecified atom stereocenters. The van der Waals surface area contributed by atoms with Crippen molar-refractivity contribution in [3.63, 3.8) is 0 Å². The van der Waals surface area contributed by atoms with E-state index in [1.54, 1.807) is 0 Å². The van der Waals surface area contributed by atoms with Crippen LogP contribution in [-0.2, 0) is 65.4 Å². The zero-order valence-electron chi connectivity index (χ0n) is 65.2. The van der Waals surface area contributed by atoms with Gasteiger partial charge in [-0.15, -0.1) is 0 Å². The molecule has 0 heterocycles. The summed E-state index contributed by atoms with van der Waals surface area (Å²) in [6, 6.07) is 0. The van der Waals surface area contributed by atoms with Crippen LogP contribution in [0, 0.1) is 0 Å². The van der Waals surface area contributed by atoms with Gasteiger partial charge in [0.2, 0.25) is 0 Å². The van der Waals surface area contributed by atoms with Crippen molar-refractivity contribution < 1.29 is 80.2 Å². The SMILES string of the molecule is CC/C=C\C/C=C\C/C=C\C/C=C\C/C=C\C/C=C\CCC(=O)OCC(COP(=O)(O)OCC(O)COP(=O)(O)OCC(COC(=O)CCCCCCCCCCCCCCCCC)OC(=O)CCCCCCCCCCCCCCC)OC(=O)CCC/C=C\C/C=C\C/C=C\C/C=C\C/C=C\CC. The van der Waals surface area contributed by atoms with Crippen molar-refractivity contribution in [3.05, 3.63) is 134 Å². The van der Waals surface area contributed by atoms with Crippen LogP contribution in [0.15, 0.2) is 134 Å². The average molecular weight is 1500 g/mol. The van der Waals surface area contributed by atoms with Crippen LogP contribution in [0.3, 0.4) is 0 Å². The number of hydrogen-bond donors (Lipinski definition) is 3. The maximum absolute atomic E-state index is 13.1. The Hall–Kier alpha value is -4.80. The molecule has 0 spiro atoms. The van der Waals surface area contributed by atoms with Crippen molar-refractivity contribution in [2.45, 2.75) is 341 Å². The number of ether oxygens (including phenoxy) is 4. The Morgan fingerprint density at radius 3 is 0.827 bits per heavy atom. The quantitative estimate of drug-likeness (QED) is 0.0169. The van der Waals surface area contributed by atoms with Gasteiger partial charge in [0.15, 0.2) is 12.2 Å². The van der Waals surface area contributed by atoms with Crippen LogP contribution in [0.1, 0.15) is 323 Å². The molecule has 0 aromatic heterocycles. The molecule has 0 aliphatic carbocycles. The number of aliphatic hydroxyl groups is 1. The number of hydrogen-bond acceptors (Lipinski definition) is 15. The number of phosphoric acid groups is 2. The summed E-state index contributed by atoms with van der Waals surface area (Å²) in [5.74, 6) is -2.33. The lowest BCUT2D eigenvalue weighted by Crippen LogP contribution is -2.30. The number of carbonyl (C=O) groups excluding carboxylic acids is 4. The van der Waals surface area contributed by atoms with Crippen molar-refractivity contribution in [2.75, 3.05) is 39.6 Å². The second-order valence-corrected chi connectivity index (χ2v) is 29.5. The van der Waals surface area contributed by atoms with Crippen LogP contribution < -0.4 is 0 Å². The van der Waals surface area contributed by atoms with Crippen LogP contribution in [0.2, 0.25) is 0 Å². The first-order valence-electron chi connectivity index (χ1n) is 40.4. The molecule has 5 atom stereocenters. The zero-order valence-corrected chi connectivity index (χ0v) is 66.9. The van der Waals surface area contributed by atoms with Gasteiger partial charge in [-0.3, -0.25) is 37.3 Å². The molecule has 3 N–H and O–H groups in total. The molecule has 0 aromatic rings. The normalized spacial score (nSPS) is 14.6. The largest absolute Gasteiger partial charge is 0.472 e. The Morgan fingerprint density at radius 1 is 0.279 bits per heavy atom. The fourth-order valence-electron chi connectivity index (χ4n) is 10.6. The first-order chi connectivity index (χ1) is 50.7. The minimum atomic E-state index is -5.01. The predicted molar refractivity (Wildman–Crippen MR) is 427 cm³/mol. The topological polar surface area (TPSA) is 237 Å². The van der Waals surface area contributed by atoms with Crippen molar-refractivity contribution in [2.24, 2.45) is 0 Å². The predicted octanol–water partition coefficient (Wildman–Crippen LogP) is 23.7. The lowest BCUT2D eigenvalue weighted by Gasteiger charge is -2.21. The highest BCUT2D eigenvalue weighted by Gasteiger charge is 2.30. The lowest BCUT2D eigenvalue weighted by atomic mass is 10.0. The fourth-order valence-corrected chi connectivity index (χ4v) is 12.2. The van der Waals surface area contributed by atoms with Gasteiger partial charge in [-0.25, -0.2) is 9.13 Å². The molecule has 0 aromatic carbocycles. The van der Waals surface area contributed by atoms with E-state index >= 15 is 0 Å². The molecule has 0 rings (SSSR count). The van der Waals surface area contributed by atoms with Gasteiger partial charge >= 0.3 is 39.5 Å². The summed E-state index contributed by atoms with van der Waals surface area (Å²) in [7, 11) is -10.00. The molecule has 596 valence electrons. The minimum absolute atomic E-state index is 0.00223. The molecular formula is C85H144O17P2. The number of allylic oxidation sites excluding steroid dienone is 22. The highest BCUT2D eigenvalue weighted by atomic mass is 31.2. The number of aliphatic hydroxyl groups excluding tert-OH is 1. The third-order valence-corrected chi connectivity index (χ3v) is 18.6. The second-order valence-electron chi connectivity index (χ2n) is 26.6. The standard InChI is InChI=1S/C85H144O17P2/c1-5-9-13-17-21-25-29-33-36-38-39-41-43-47-50-54-58-62-66-70-83(88)96-76-81(102-85(90)72-68-64-60-56-52-48-44-40-37-34-30-26-22-18-14-10-6-2)78-100-104(93,94)98-74-79(86)73-97-103(91,92)99-77-80(101-84(89)71-67-63-59-55-51-45-32-28-24-20-16-12-8-4)75-95-82(87)69-65-61-57-53-49-46-42-35-31-27-23-19-15-11-7-3/h9-10,13-14,21-22,25-26,33-34,36-37,39,41,44,47-48,50,56,58,60,62,79-81,86H,5-8,11-12,15-20,23-24,27-32,35,38,40,42-43,45-46,49,51-55,57,59,61,63-78H2,1-4H3,(H,91,92)(H,93,94)/b13-9-,14-10-,25-21-,26-22-,36-33-,37-34-,41-39-,48-44-,50-47-,60-56-,62-58-. The van der Waals surface area contributed by atoms with Crippen molar-refractivity contribution >= 4 is 39.5 Å². The zero-order chi connectivity index (χ0) is 76.0. The lowest BCUT2D eigenvalue weighted by molar-refractivity contribution is -0.161. The maximum Gasteiger partial charge on any atom is 0.472 e. The summed E-state index contributed by atoms with van der Waals surface area (Å²) >= 11 is 0. The van der Waals surface area contributed by atoms with E-state index < -0.39 is 97.5 Å². The van der Waals surface area contributed by atoms with E-state index in [0.29, 0.717) is 38.5 Å². The molecule has 0 radical (unpaired) electrons. The third kappa shape index (κ3) is 75.4. The van der Waals surface area contributed by atoms with Crippen LogP contribution in [0.4, 0.5) is 0 Å². The molecule has 0 saturated heterocycles. The third-order valence-electron chi connectivity index (χ3n) is 16.7. The number of carbonyl (C=O) groups is 4. The van der Waals surface area contributed by atoms with Crippen LogP contribution >= 0.6 is 15.6 Å². The molecule has 0 aliphatic rings.